The van der Waals surface area contributed by atoms with Crippen molar-refractivity contribution in [3.05, 3.63) is 283 Å². The summed E-state index contributed by atoms with van der Waals surface area (Å²) in [5.41, 5.74) is 19.2. The maximum absolute atomic E-state index is 6.31. The van der Waals surface area contributed by atoms with Gasteiger partial charge in [-0.3, -0.25) is 0 Å². The molecule has 0 bridgehead atoms. The van der Waals surface area contributed by atoms with Crippen LogP contribution in [0.4, 0.5) is 17.1 Å². The van der Waals surface area contributed by atoms with Crippen molar-refractivity contribution in [2.24, 2.45) is 0 Å². The first-order chi connectivity index (χ1) is 33.2. The summed E-state index contributed by atoms with van der Waals surface area (Å²) in [6.07, 6.45) is 0. The number of furan rings is 1. The zero-order chi connectivity index (χ0) is 44.3. The van der Waals surface area contributed by atoms with E-state index in [1.165, 1.54) is 55.3 Å². The van der Waals surface area contributed by atoms with Crippen molar-refractivity contribution >= 4 is 49.8 Å². The van der Waals surface area contributed by atoms with E-state index in [4.69, 9.17) is 4.42 Å². The second kappa shape index (κ2) is 15.8. The van der Waals surface area contributed by atoms with Crippen LogP contribution in [0, 0.1) is 0 Å². The Bertz CT molecular complexity index is 3750. The van der Waals surface area contributed by atoms with E-state index in [1.54, 1.807) is 0 Å². The highest BCUT2D eigenvalue weighted by atomic mass is 16.3. The Morgan fingerprint density at radius 3 is 1.57 bits per heavy atom. The van der Waals surface area contributed by atoms with Gasteiger partial charge >= 0.3 is 0 Å². The lowest BCUT2D eigenvalue weighted by Gasteiger charge is -2.34. The zero-order valence-electron chi connectivity index (χ0n) is 36.7. The number of fused-ring (bicyclic) bond motifs is 7. The van der Waals surface area contributed by atoms with Crippen LogP contribution >= 0.6 is 0 Å². The molecule has 0 fully saturated rings. The quantitative estimate of drug-likeness (QED) is 0.151. The van der Waals surface area contributed by atoms with E-state index in [9.17, 15) is 0 Å². The van der Waals surface area contributed by atoms with Crippen LogP contribution in [-0.2, 0) is 5.41 Å². The van der Waals surface area contributed by atoms with Crippen LogP contribution in [0.25, 0.3) is 77.2 Å². The molecular formula is C65H43NO. The second-order valence-electron chi connectivity index (χ2n) is 17.5. The molecule has 2 heteroatoms. The molecule has 67 heavy (non-hydrogen) atoms. The highest BCUT2D eigenvalue weighted by Crippen LogP contribution is 2.57. The van der Waals surface area contributed by atoms with Gasteiger partial charge in [0.05, 0.1) is 11.1 Å². The standard InChI is InChI=1S/C65H43NO/c1-3-19-48(20-4-1)65(49-21-5-2-6-22-49)59-29-12-9-25-56(59)57-42-37-47(43-60(57)65)54-24-10-13-30-61(54)66(50-38-33-45(34-39-50)53-27-15-18-44-17-7-8-23-52(44)53)51-40-35-46(36-41-51)55-28-16-32-63-64(55)58-26-11-14-31-62(58)67-63/h1-43H. The summed E-state index contributed by atoms with van der Waals surface area (Å²) in [5, 5.41) is 4.74. The minimum atomic E-state index is -0.504. The van der Waals surface area contributed by atoms with E-state index in [-0.39, 0.29) is 0 Å². The van der Waals surface area contributed by atoms with Gasteiger partial charge in [0.1, 0.15) is 11.2 Å². The number of anilines is 3. The first kappa shape index (κ1) is 38.7. The lowest BCUT2D eigenvalue weighted by Crippen LogP contribution is -2.28. The lowest BCUT2D eigenvalue weighted by atomic mass is 9.67. The molecule has 0 amide bonds. The van der Waals surface area contributed by atoms with Crippen LogP contribution in [0.15, 0.2) is 265 Å². The predicted molar refractivity (Wildman–Crippen MR) is 280 cm³/mol. The van der Waals surface area contributed by atoms with Crippen molar-refractivity contribution in [2.45, 2.75) is 5.41 Å². The molecule has 314 valence electrons. The first-order valence-electron chi connectivity index (χ1n) is 23.1. The minimum absolute atomic E-state index is 0.504. The molecule has 1 heterocycles. The van der Waals surface area contributed by atoms with Gasteiger partial charge in [-0.05, 0) is 121 Å². The summed E-state index contributed by atoms with van der Waals surface area (Å²) < 4.78 is 6.31. The number of rotatable bonds is 8. The monoisotopic (exact) mass is 853 g/mol. The van der Waals surface area contributed by atoms with Crippen LogP contribution < -0.4 is 4.90 Å². The molecule has 0 N–H and O–H groups in total. The van der Waals surface area contributed by atoms with Crippen LogP contribution in [0.3, 0.4) is 0 Å². The smallest absolute Gasteiger partial charge is 0.136 e. The van der Waals surface area contributed by atoms with E-state index in [0.717, 1.165) is 61.3 Å². The van der Waals surface area contributed by atoms with Gasteiger partial charge < -0.3 is 9.32 Å². The molecule has 0 aliphatic heterocycles. The Morgan fingerprint density at radius 1 is 0.313 bits per heavy atom. The SMILES string of the molecule is c1ccc(C2(c3ccccc3)c3ccccc3-c3ccc(-c4ccccc4N(c4ccc(-c5cccc6ccccc56)cc4)c4ccc(-c5cccc6oc7ccccc7c56)cc4)cc32)cc1. The second-order valence-corrected chi connectivity index (χ2v) is 17.5. The van der Waals surface area contributed by atoms with E-state index < -0.39 is 5.41 Å². The maximum Gasteiger partial charge on any atom is 0.136 e. The third-order valence-corrected chi connectivity index (χ3v) is 14.0. The number of hydrogen-bond donors (Lipinski definition) is 0. The Labute approximate surface area is 390 Å². The van der Waals surface area contributed by atoms with E-state index in [0.29, 0.717) is 0 Å². The molecule has 1 aromatic heterocycles. The number of para-hydroxylation sites is 2. The van der Waals surface area contributed by atoms with Crippen molar-refractivity contribution < 1.29 is 4.42 Å². The third-order valence-electron chi connectivity index (χ3n) is 14.0. The topological polar surface area (TPSA) is 16.4 Å². The number of benzene rings is 11. The minimum Gasteiger partial charge on any atom is -0.456 e. The molecule has 13 rings (SSSR count). The van der Waals surface area contributed by atoms with Crippen molar-refractivity contribution in [3.8, 4) is 44.5 Å². The van der Waals surface area contributed by atoms with Gasteiger partial charge in [0.2, 0.25) is 0 Å². The normalized spacial score (nSPS) is 12.6. The van der Waals surface area contributed by atoms with Crippen LogP contribution in [-0.4, -0.2) is 0 Å². The third kappa shape index (κ3) is 6.18. The van der Waals surface area contributed by atoms with Crippen LogP contribution in [0.5, 0.6) is 0 Å². The summed E-state index contributed by atoms with van der Waals surface area (Å²) in [6, 6.07) is 95.1. The van der Waals surface area contributed by atoms with Gasteiger partial charge in [0.25, 0.3) is 0 Å². The molecule has 0 spiro atoms. The van der Waals surface area contributed by atoms with Crippen molar-refractivity contribution in [1.29, 1.82) is 0 Å². The fourth-order valence-electron chi connectivity index (χ4n) is 11.0. The Hall–Kier alpha value is -8.72. The number of nitrogens with zero attached hydrogens (tertiary/aromatic N) is 1. The fraction of sp³-hybridized carbons (Fsp3) is 0.0154. The summed E-state index contributed by atoms with van der Waals surface area (Å²) in [7, 11) is 0. The van der Waals surface area contributed by atoms with Crippen molar-refractivity contribution in [1.82, 2.24) is 0 Å². The Kier molecular flexibility index (Phi) is 9.11. The van der Waals surface area contributed by atoms with E-state index >= 15 is 0 Å². The summed E-state index contributed by atoms with van der Waals surface area (Å²) in [5.74, 6) is 0. The molecule has 12 aromatic rings. The predicted octanol–water partition coefficient (Wildman–Crippen LogP) is 17.6. The van der Waals surface area contributed by atoms with Crippen molar-refractivity contribution in [2.75, 3.05) is 4.90 Å². The van der Waals surface area contributed by atoms with E-state index in [1.807, 2.05) is 12.1 Å². The molecule has 0 radical (unpaired) electrons. The summed E-state index contributed by atoms with van der Waals surface area (Å²) in [6.45, 7) is 0. The van der Waals surface area contributed by atoms with Gasteiger partial charge in [-0.2, -0.15) is 0 Å². The molecule has 1 aliphatic carbocycles. The van der Waals surface area contributed by atoms with Crippen molar-refractivity contribution in [3.63, 3.8) is 0 Å². The average molecular weight is 854 g/mol. The van der Waals surface area contributed by atoms with Crippen LogP contribution in [0.1, 0.15) is 22.3 Å². The Balaban J connectivity index is 0.991. The van der Waals surface area contributed by atoms with Gasteiger partial charge in [0.15, 0.2) is 0 Å². The zero-order valence-corrected chi connectivity index (χ0v) is 36.7. The van der Waals surface area contributed by atoms with Gasteiger partial charge in [-0.15, -0.1) is 0 Å². The molecular weight excluding hydrogens is 811 g/mol. The fourth-order valence-corrected chi connectivity index (χ4v) is 11.0. The molecule has 11 aromatic carbocycles. The van der Waals surface area contributed by atoms with Gasteiger partial charge in [0, 0.05) is 27.7 Å². The molecule has 0 saturated heterocycles. The van der Waals surface area contributed by atoms with Gasteiger partial charge in [-0.25, -0.2) is 0 Å². The van der Waals surface area contributed by atoms with Crippen LogP contribution in [0.2, 0.25) is 0 Å². The molecule has 2 nitrogen and oxygen atoms in total. The molecule has 0 atom stereocenters. The molecule has 1 aliphatic rings. The first-order valence-corrected chi connectivity index (χ1v) is 23.1. The average Bonchev–Trinajstić information content (AvgIpc) is 3.94. The summed E-state index contributed by atoms with van der Waals surface area (Å²) >= 11 is 0. The highest BCUT2D eigenvalue weighted by molar-refractivity contribution is 6.12. The molecule has 0 unspecified atom stereocenters. The maximum atomic E-state index is 6.31. The van der Waals surface area contributed by atoms with Gasteiger partial charge in [-0.1, -0.05) is 212 Å². The lowest BCUT2D eigenvalue weighted by molar-refractivity contribution is 0.669. The highest BCUT2D eigenvalue weighted by Gasteiger charge is 2.46. The largest absolute Gasteiger partial charge is 0.456 e. The Morgan fingerprint density at radius 2 is 0.821 bits per heavy atom. The number of hydrogen-bond acceptors (Lipinski definition) is 2. The van der Waals surface area contributed by atoms with E-state index in [2.05, 4.69) is 254 Å². The summed E-state index contributed by atoms with van der Waals surface area (Å²) in [4.78, 5) is 2.42. The molecule has 0 saturated carbocycles.